The van der Waals surface area contributed by atoms with E-state index in [2.05, 4.69) is 17.3 Å². The second-order valence-corrected chi connectivity index (χ2v) is 5.26. The van der Waals surface area contributed by atoms with Crippen LogP contribution >= 0.6 is 0 Å². The van der Waals surface area contributed by atoms with E-state index in [-0.39, 0.29) is 17.4 Å². The van der Waals surface area contributed by atoms with Gasteiger partial charge in [0.25, 0.3) is 5.56 Å². The highest BCUT2D eigenvalue weighted by atomic mass is 16.5. The van der Waals surface area contributed by atoms with E-state index in [0.717, 1.165) is 24.3 Å². The lowest BCUT2D eigenvalue weighted by atomic mass is 10.2. The van der Waals surface area contributed by atoms with Crippen molar-refractivity contribution in [2.24, 2.45) is 14.1 Å². The van der Waals surface area contributed by atoms with Crippen LogP contribution in [0.2, 0.25) is 0 Å². The average Bonchev–Trinajstić information content (AvgIpc) is 2.42. The van der Waals surface area contributed by atoms with E-state index in [0.29, 0.717) is 18.8 Å². The van der Waals surface area contributed by atoms with Crippen LogP contribution in [0.15, 0.2) is 15.7 Å². The fourth-order valence-corrected chi connectivity index (χ4v) is 2.30. The molecule has 0 spiro atoms. The number of ether oxygens (including phenoxy) is 1. The molecule has 7 heteroatoms. The maximum atomic E-state index is 11.8. The lowest BCUT2D eigenvalue weighted by Gasteiger charge is -2.30. The smallest absolute Gasteiger partial charge is 0.330 e. The minimum absolute atomic E-state index is 0.150. The Bertz CT molecular complexity index is 578. The summed E-state index contributed by atoms with van der Waals surface area (Å²) in [6, 6.07) is 1.49. The molecule has 1 aromatic heterocycles. The quantitative estimate of drug-likeness (QED) is 0.728. The zero-order chi connectivity index (χ0) is 14.7. The molecule has 20 heavy (non-hydrogen) atoms. The van der Waals surface area contributed by atoms with Gasteiger partial charge in [0.1, 0.15) is 0 Å². The van der Waals surface area contributed by atoms with Crippen LogP contribution in [-0.2, 0) is 25.4 Å². The van der Waals surface area contributed by atoms with Gasteiger partial charge >= 0.3 is 5.69 Å². The minimum atomic E-state index is -0.303. The first-order valence-corrected chi connectivity index (χ1v) is 6.76. The highest BCUT2D eigenvalue weighted by Gasteiger charge is 2.17. The molecule has 0 saturated carbocycles. The van der Waals surface area contributed by atoms with E-state index in [1.165, 1.54) is 17.7 Å². The molecule has 0 aliphatic carbocycles. The van der Waals surface area contributed by atoms with Gasteiger partial charge in [-0.1, -0.05) is 0 Å². The van der Waals surface area contributed by atoms with Crippen LogP contribution in [0.25, 0.3) is 0 Å². The predicted octanol–water partition coefficient (Wildman–Crippen LogP) is -1.50. The Balaban J connectivity index is 1.95. The molecule has 7 nitrogen and oxygen atoms in total. The van der Waals surface area contributed by atoms with Gasteiger partial charge in [-0.25, -0.2) is 4.79 Å². The molecule has 1 N–H and O–H groups in total. The number of hydrogen-bond acceptors (Lipinski definition) is 5. The molecule has 1 aliphatic rings. The average molecular weight is 282 g/mol. The van der Waals surface area contributed by atoms with Crippen molar-refractivity contribution in [1.29, 1.82) is 0 Å². The predicted molar refractivity (Wildman–Crippen MR) is 75.9 cm³/mol. The Hall–Kier alpha value is -1.44. The normalized spacial score (nSPS) is 20.2. The van der Waals surface area contributed by atoms with Crippen LogP contribution in [0.4, 0.5) is 0 Å². The molecule has 1 atom stereocenters. The molecule has 112 valence electrons. The third-order valence-corrected chi connectivity index (χ3v) is 3.65. The molecular formula is C13H22N4O3. The fourth-order valence-electron chi connectivity index (χ4n) is 2.30. The van der Waals surface area contributed by atoms with Crippen LogP contribution in [-0.4, -0.2) is 53.4 Å². The van der Waals surface area contributed by atoms with E-state index in [9.17, 15) is 9.59 Å². The second kappa shape index (κ2) is 6.34. The van der Waals surface area contributed by atoms with Gasteiger partial charge in [0.2, 0.25) is 0 Å². The first-order valence-electron chi connectivity index (χ1n) is 6.76. The Morgan fingerprint density at radius 3 is 2.75 bits per heavy atom. The van der Waals surface area contributed by atoms with Crippen LogP contribution in [0, 0.1) is 0 Å². The zero-order valence-electron chi connectivity index (χ0n) is 12.3. The molecule has 1 unspecified atom stereocenters. The van der Waals surface area contributed by atoms with Crippen molar-refractivity contribution in [2.75, 3.05) is 33.3 Å². The summed E-state index contributed by atoms with van der Waals surface area (Å²) in [4.78, 5) is 25.6. The molecule has 0 radical (unpaired) electrons. The third kappa shape index (κ3) is 3.36. The Labute approximate surface area is 117 Å². The molecule has 0 bridgehead atoms. The molecule has 0 amide bonds. The number of rotatable bonds is 4. The van der Waals surface area contributed by atoms with Crippen molar-refractivity contribution >= 4 is 0 Å². The van der Waals surface area contributed by atoms with Crippen LogP contribution in [0.3, 0.4) is 0 Å². The van der Waals surface area contributed by atoms with Gasteiger partial charge in [0.05, 0.1) is 12.7 Å². The van der Waals surface area contributed by atoms with E-state index in [1.807, 2.05) is 0 Å². The summed E-state index contributed by atoms with van der Waals surface area (Å²) in [5.74, 6) is 0. The Morgan fingerprint density at radius 1 is 1.30 bits per heavy atom. The van der Waals surface area contributed by atoms with Gasteiger partial charge in [-0.15, -0.1) is 0 Å². The number of nitrogens with one attached hydrogen (secondary N) is 1. The molecule has 0 aromatic carbocycles. The monoisotopic (exact) mass is 282 g/mol. The molecule has 1 saturated heterocycles. The van der Waals surface area contributed by atoms with Gasteiger partial charge < -0.3 is 15.0 Å². The van der Waals surface area contributed by atoms with Crippen molar-refractivity contribution in [3.63, 3.8) is 0 Å². The molecule has 1 aromatic rings. The van der Waals surface area contributed by atoms with Gasteiger partial charge in [-0.2, -0.15) is 0 Å². The van der Waals surface area contributed by atoms with Crippen LogP contribution in [0.5, 0.6) is 0 Å². The Morgan fingerprint density at radius 2 is 2.05 bits per heavy atom. The standard InChI is InChI=1S/C13H22N4O3/c1-15-4-5-20-11(9-15)8-14-7-10-6-12(18)17(3)13(19)16(10)2/h6,11,14H,4-5,7-9H2,1-3H3. The molecule has 1 aliphatic heterocycles. The minimum Gasteiger partial charge on any atom is -0.374 e. The maximum absolute atomic E-state index is 11.8. The first-order chi connectivity index (χ1) is 9.49. The number of hydrogen-bond donors (Lipinski definition) is 1. The summed E-state index contributed by atoms with van der Waals surface area (Å²) >= 11 is 0. The van der Waals surface area contributed by atoms with Gasteiger partial charge in [-0.05, 0) is 7.05 Å². The van der Waals surface area contributed by atoms with E-state index in [4.69, 9.17) is 4.74 Å². The van der Waals surface area contributed by atoms with Crippen molar-refractivity contribution < 1.29 is 4.74 Å². The van der Waals surface area contributed by atoms with E-state index < -0.39 is 0 Å². The number of morpholine rings is 1. The van der Waals surface area contributed by atoms with Crippen molar-refractivity contribution in [3.05, 3.63) is 32.6 Å². The van der Waals surface area contributed by atoms with Crippen molar-refractivity contribution in [1.82, 2.24) is 19.4 Å². The topological polar surface area (TPSA) is 68.5 Å². The van der Waals surface area contributed by atoms with Gasteiger partial charge in [-0.3, -0.25) is 13.9 Å². The van der Waals surface area contributed by atoms with E-state index >= 15 is 0 Å². The lowest BCUT2D eigenvalue weighted by molar-refractivity contribution is -0.0182. The lowest BCUT2D eigenvalue weighted by Crippen LogP contribution is -2.45. The van der Waals surface area contributed by atoms with E-state index in [1.54, 1.807) is 7.05 Å². The zero-order valence-corrected chi connectivity index (χ0v) is 12.3. The molecule has 2 heterocycles. The number of aromatic nitrogens is 2. The molecular weight excluding hydrogens is 260 g/mol. The Kier molecular flexibility index (Phi) is 4.74. The largest absolute Gasteiger partial charge is 0.374 e. The summed E-state index contributed by atoms with van der Waals surface area (Å²) in [5, 5.41) is 3.25. The first kappa shape index (κ1) is 15.0. The summed E-state index contributed by atoms with van der Waals surface area (Å²) in [6.45, 7) is 3.77. The maximum Gasteiger partial charge on any atom is 0.330 e. The number of likely N-dealkylation sites (N-methyl/N-ethyl adjacent to an activating group) is 1. The van der Waals surface area contributed by atoms with Gasteiger partial charge in [0, 0.05) is 52.0 Å². The highest BCUT2D eigenvalue weighted by molar-refractivity contribution is 5.01. The van der Waals surface area contributed by atoms with Crippen molar-refractivity contribution in [2.45, 2.75) is 12.6 Å². The molecule has 1 fully saturated rings. The summed E-state index contributed by atoms with van der Waals surface area (Å²) in [5.41, 5.74) is 0.101. The second-order valence-electron chi connectivity index (χ2n) is 5.26. The third-order valence-electron chi connectivity index (χ3n) is 3.65. The van der Waals surface area contributed by atoms with Crippen LogP contribution < -0.4 is 16.6 Å². The molecule has 2 rings (SSSR count). The fraction of sp³-hybridized carbons (Fsp3) is 0.692. The van der Waals surface area contributed by atoms with Gasteiger partial charge in [0.15, 0.2) is 0 Å². The summed E-state index contributed by atoms with van der Waals surface area (Å²) in [7, 11) is 5.22. The number of nitrogens with zero attached hydrogens (tertiary/aromatic N) is 3. The van der Waals surface area contributed by atoms with Crippen LogP contribution in [0.1, 0.15) is 5.69 Å². The summed E-state index contributed by atoms with van der Waals surface area (Å²) < 4.78 is 8.23. The highest BCUT2D eigenvalue weighted by Crippen LogP contribution is 2.01. The summed E-state index contributed by atoms with van der Waals surface area (Å²) in [6.07, 6.45) is 0.150. The SMILES string of the molecule is CN1CCOC(CNCc2cc(=O)n(C)c(=O)n2C)C1. The van der Waals surface area contributed by atoms with Crippen molar-refractivity contribution in [3.8, 4) is 0 Å².